The Labute approximate surface area is 435 Å². The van der Waals surface area contributed by atoms with Crippen LogP contribution in [-0.4, -0.2) is 105 Å². The van der Waals surface area contributed by atoms with Gasteiger partial charge in [0.05, 0.1) is 46.8 Å². The number of aliphatic hydroxyl groups is 4. The van der Waals surface area contributed by atoms with Gasteiger partial charge in [0.15, 0.2) is 5.78 Å². The molecule has 12 aliphatic rings. The summed E-state index contributed by atoms with van der Waals surface area (Å²) >= 11 is 0. The molecule has 0 bridgehead atoms. The number of rotatable bonds is 4. The number of carbonyl (C=O) groups excluding carboxylic acids is 2. The van der Waals surface area contributed by atoms with Crippen LogP contribution in [0.25, 0.3) is 0 Å². The normalized spacial score (nSPS) is 57.0. The van der Waals surface area contributed by atoms with Gasteiger partial charge < -0.3 is 29.9 Å². The van der Waals surface area contributed by atoms with Crippen molar-refractivity contribution in [3.8, 4) is 0 Å². The van der Waals surface area contributed by atoms with Crippen LogP contribution < -0.4 is 0 Å². The molecule has 0 aromatic heterocycles. The van der Waals surface area contributed by atoms with Gasteiger partial charge in [-0.05, 0) is 224 Å². The molecule has 20 atom stereocenters. The Hall–Kier alpha value is -0.290. The zero-order chi connectivity index (χ0) is 49.5. The van der Waals surface area contributed by atoms with E-state index in [2.05, 4.69) is 75.3 Å². The number of ether oxygens (including phenoxy) is 2. The second-order valence-electron chi connectivity index (χ2n) is 30.7. The summed E-state index contributed by atoms with van der Waals surface area (Å²) in [4.78, 5) is 25.7. The molecule has 0 amide bonds. The van der Waals surface area contributed by atoms with E-state index in [0.29, 0.717) is 51.5 Å². The van der Waals surface area contributed by atoms with Crippen molar-refractivity contribution in [2.75, 3.05) is 0 Å². The summed E-state index contributed by atoms with van der Waals surface area (Å²) in [6.07, 6.45) is 22.2. The topological polar surface area (TPSA) is 134 Å². The average molecular weight is 1060 g/mol. The predicted octanol–water partition coefficient (Wildman–Crippen LogP) is 9.94. The molecule has 6 unspecified atom stereocenters. The maximum atomic E-state index is 12.9. The fourth-order valence-corrected chi connectivity index (χ4v) is 23.2. The Morgan fingerprint density at radius 3 is 1.43 bits per heavy atom. The van der Waals surface area contributed by atoms with Crippen molar-refractivity contribution in [2.24, 2.45) is 89.7 Å². The van der Waals surface area contributed by atoms with Crippen molar-refractivity contribution >= 4 is 37.4 Å². The molecule has 4 spiro atoms. The first-order valence-corrected chi connectivity index (χ1v) is 28.1. The first-order valence-electron chi connectivity index (χ1n) is 28.1. The molecule has 69 heavy (non-hydrogen) atoms. The van der Waals surface area contributed by atoms with Crippen molar-refractivity contribution in [3.63, 3.8) is 0 Å². The number of ketones is 2. The molecule has 0 aromatic carbocycles. The molecular formula is C60H97InO8. The molecule has 8 nitrogen and oxygen atoms in total. The standard InChI is InChI=1S/C30H48O4.C30H46O4.In.3H/c2*1-24(2)19-8-9-20-27(6)16-18(31)23(28(7)12-11-22(34-28)25(3,4)33)26(27,5)14-15-30(20)17-29(19,30)13-10-21(24)32;;;;/h18-20,22-23,31,33H,8-17H2,1-7H3;10,13,18-20,22-23,31,33H,8-9,11-12,14-17H2,1-7H3;;;;/t2*18-,19?,20?,22+,23?,26+,27-,28-,29+,30-;;;;/m00..../s1. The Morgan fingerprint density at radius 2 is 0.957 bits per heavy atom. The van der Waals surface area contributed by atoms with Crippen LogP contribution in [0.2, 0.25) is 0 Å². The van der Waals surface area contributed by atoms with E-state index in [-0.39, 0.29) is 100.0 Å². The number of fused-ring (bicyclic) bond motifs is 4. The second kappa shape index (κ2) is 15.0. The summed E-state index contributed by atoms with van der Waals surface area (Å²) in [5.41, 5.74) is -1.55. The summed E-state index contributed by atoms with van der Waals surface area (Å²) in [5, 5.41) is 44.7. The molecule has 2 aliphatic heterocycles. The van der Waals surface area contributed by atoms with Crippen molar-refractivity contribution in [1.29, 1.82) is 0 Å². The van der Waals surface area contributed by atoms with Crippen LogP contribution in [-0.2, 0) is 19.1 Å². The van der Waals surface area contributed by atoms with E-state index in [1.165, 1.54) is 44.9 Å². The quantitative estimate of drug-likeness (QED) is 0.219. The zero-order valence-corrected chi connectivity index (χ0v) is 45.1. The van der Waals surface area contributed by atoms with Gasteiger partial charge in [0.1, 0.15) is 5.78 Å². The number of Topliss-reactive ketones (excluding diaryl/α,β-unsaturated/α-hetero) is 1. The average Bonchev–Trinajstić information content (AvgIpc) is 3.82. The molecule has 12 rings (SSSR count). The van der Waals surface area contributed by atoms with Gasteiger partial charge in [-0.25, -0.2) is 0 Å². The van der Waals surface area contributed by atoms with Gasteiger partial charge in [-0.1, -0.05) is 61.5 Å². The van der Waals surface area contributed by atoms with Crippen molar-refractivity contribution in [2.45, 2.75) is 259 Å². The van der Waals surface area contributed by atoms with E-state index < -0.39 is 22.4 Å². The summed E-state index contributed by atoms with van der Waals surface area (Å²) < 4.78 is 13.3. The van der Waals surface area contributed by atoms with E-state index in [1.807, 2.05) is 33.8 Å². The van der Waals surface area contributed by atoms with Crippen LogP contribution >= 0.6 is 0 Å². The van der Waals surface area contributed by atoms with Gasteiger partial charge in [0.25, 0.3) is 0 Å². The van der Waals surface area contributed by atoms with Crippen molar-refractivity contribution in [1.82, 2.24) is 0 Å². The Balaban J connectivity index is 0.000000158. The van der Waals surface area contributed by atoms with E-state index in [0.717, 1.165) is 70.6 Å². The van der Waals surface area contributed by atoms with E-state index in [1.54, 1.807) is 0 Å². The van der Waals surface area contributed by atoms with Crippen molar-refractivity contribution in [3.05, 3.63) is 12.2 Å². The molecule has 2 saturated heterocycles. The minimum absolute atomic E-state index is 0. The third kappa shape index (κ3) is 6.28. The Bertz CT molecular complexity index is 2190. The molecule has 0 radical (unpaired) electrons. The van der Waals surface area contributed by atoms with Gasteiger partial charge in [-0.3, -0.25) is 9.59 Å². The molecule has 10 aliphatic carbocycles. The van der Waals surface area contributed by atoms with Gasteiger partial charge in [-0.15, -0.1) is 0 Å². The fourth-order valence-electron chi connectivity index (χ4n) is 23.2. The van der Waals surface area contributed by atoms with Crippen LogP contribution in [0, 0.1) is 89.7 Å². The Kier molecular flexibility index (Phi) is 11.3. The maximum absolute atomic E-state index is 12.9. The molecule has 9 heteroatoms. The molecule has 0 aromatic rings. The summed E-state index contributed by atoms with van der Waals surface area (Å²) in [6.45, 7) is 30.6. The van der Waals surface area contributed by atoms with Crippen LogP contribution in [0.1, 0.15) is 213 Å². The van der Waals surface area contributed by atoms with Crippen LogP contribution in [0.4, 0.5) is 0 Å². The van der Waals surface area contributed by atoms with Crippen LogP contribution in [0.3, 0.4) is 0 Å². The molecule has 4 N–H and O–H groups in total. The zero-order valence-electron chi connectivity index (χ0n) is 45.1. The summed E-state index contributed by atoms with van der Waals surface area (Å²) in [7, 11) is 0. The molecule has 2 heterocycles. The number of aliphatic hydroxyl groups excluding tert-OH is 2. The molecule has 388 valence electrons. The van der Waals surface area contributed by atoms with E-state index in [9.17, 15) is 30.0 Å². The van der Waals surface area contributed by atoms with Gasteiger partial charge in [-0.2, -0.15) is 0 Å². The van der Waals surface area contributed by atoms with Crippen LogP contribution in [0.15, 0.2) is 12.2 Å². The summed E-state index contributed by atoms with van der Waals surface area (Å²) in [5.74, 6) is 3.18. The number of carbonyl (C=O) groups is 2. The third-order valence-corrected chi connectivity index (χ3v) is 26.7. The first-order chi connectivity index (χ1) is 31.2. The second-order valence-corrected chi connectivity index (χ2v) is 30.7. The van der Waals surface area contributed by atoms with Gasteiger partial charge >= 0.3 is 25.8 Å². The number of hydrogen-bond donors (Lipinski definition) is 4. The Morgan fingerprint density at radius 1 is 0.522 bits per heavy atom. The first kappa shape index (κ1) is 52.2. The fraction of sp³-hybridized carbons (Fsp3) is 0.933. The number of hydrogen-bond acceptors (Lipinski definition) is 8. The van der Waals surface area contributed by atoms with Gasteiger partial charge in [0.2, 0.25) is 0 Å². The van der Waals surface area contributed by atoms with Gasteiger partial charge in [0, 0.05) is 29.1 Å². The molecule has 9 saturated carbocycles. The van der Waals surface area contributed by atoms with E-state index in [4.69, 9.17) is 9.47 Å². The van der Waals surface area contributed by atoms with Crippen molar-refractivity contribution < 1.29 is 39.5 Å². The number of allylic oxidation sites excluding steroid dienone is 2. The monoisotopic (exact) mass is 1060 g/mol. The van der Waals surface area contributed by atoms with Crippen LogP contribution in [0.5, 0.6) is 0 Å². The van der Waals surface area contributed by atoms with E-state index >= 15 is 0 Å². The SMILES string of the molecule is CC1(C)C(=O)C=C[C@]23C[C@]24CC[C@]2(C)C([C@]5(C)CC[C@H](C(C)(C)O)O5)[C@@H](O)C[C@@]2(C)C4CCC13.CC1(C)C(=O)CC[C@]23C[C@]24CC[C@]2(C)C([C@]5(C)CC[C@H](C(C)(C)O)O5)[C@@H](O)C[C@@]2(C)C4CCC13.[InH3]. The molecular weight excluding hydrogens is 963 g/mol. The minimum atomic E-state index is -0.863. The third-order valence-electron chi connectivity index (χ3n) is 26.7. The predicted molar refractivity (Wildman–Crippen MR) is 274 cm³/mol. The molecule has 11 fully saturated rings. The summed E-state index contributed by atoms with van der Waals surface area (Å²) in [6, 6.07) is 0.